The minimum Gasteiger partial charge on any atom is -0.275 e. The highest BCUT2D eigenvalue weighted by Gasteiger charge is 2.38. The number of nitrogens with one attached hydrogen (secondary N) is 1. The van der Waals surface area contributed by atoms with E-state index in [-0.39, 0.29) is 35.3 Å². The monoisotopic (exact) mass is 372 g/mol. The molecule has 0 aliphatic carbocycles. The van der Waals surface area contributed by atoms with E-state index < -0.39 is 0 Å². The number of imide groups is 1. The molecule has 1 aliphatic heterocycles. The van der Waals surface area contributed by atoms with E-state index in [1.807, 2.05) is 30.3 Å². The van der Waals surface area contributed by atoms with Crippen molar-refractivity contribution in [3.8, 4) is 11.3 Å². The predicted octanol–water partition coefficient (Wildman–Crippen LogP) is 3.56. The molecule has 0 atom stereocenters. The van der Waals surface area contributed by atoms with Crippen molar-refractivity contribution >= 4 is 22.8 Å². The van der Waals surface area contributed by atoms with Crippen LogP contribution in [0.15, 0.2) is 60.8 Å². The lowest BCUT2D eigenvalue weighted by atomic mass is 10.0. The first-order valence-corrected chi connectivity index (χ1v) is 8.66. The van der Waals surface area contributed by atoms with Crippen LogP contribution in [0.5, 0.6) is 0 Å². The number of amides is 2. The van der Waals surface area contributed by atoms with Gasteiger partial charge in [0.15, 0.2) is 5.65 Å². The Morgan fingerprint density at radius 1 is 0.964 bits per heavy atom. The fraction of sp³-hybridized carbons (Fsp3) is 0.0476. The van der Waals surface area contributed by atoms with E-state index in [1.165, 1.54) is 23.2 Å². The summed E-state index contributed by atoms with van der Waals surface area (Å²) >= 11 is 0. The molecule has 0 radical (unpaired) electrons. The molecule has 0 unspecified atom stereocenters. The van der Waals surface area contributed by atoms with Gasteiger partial charge in [0.2, 0.25) is 0 Å². The number of pyridine rings is 1. The van der Waals surface area contributed by atoms with Crippen LogP contribution in [0.1, 0.15) is 26.3 Å². The molecule has 0 saturated heterocycles. The molecule has 0 fully saturated rings. The van der Waals surface area contributed by atoms with E-state index >= 15 is 0 Å². The van der Waals surface area contributed by atoms with Crippen LogP contribution in [0.4, 0.5) is 4.39 Å². The molecule has 1 N–H and O–H groups in total. The van der Waals surface area contributed by atoms with Crippen LogP contribution in [-0.4, -0.2) is 31.9 Å². The highest BCUT2D eigenvalue weighted by atomic mass is 19.1. The maximum atomic E-state index is 13.3. The third-order valence-electron chi connectivity index (χ3n) is 4.83. The molecule has 7 heteroatoms. The molecule has 0 saturated carbocycles. The van der Waals surface area contributed by atoms with E-state index in [0.717, 1.165) is 5.56 Å². The van der Waals surface area contributed by atoms with E-state index in [0.29, 0.717) is 22.3 Å². The average molecular weight is 372 g/mol. The number of H-pyrrole nitrogens is 1. The number of carbonyl (C=O) groups excluding carboxylic acids is 2. The maximum Gasteiger partial charge on any atom is 0.263 e. The Labute approximate surface area is 158 Å². The summed E-state index contributed by atoms with van der Waals surface area (Å²) in [6.07, 6.45) is 1.39. The molecule has 0 bridgehead atoms. The lowest BCUT2D eigenvalue weighted by Gasteiger charge is -2.13. The van der Waals surface area contributed by atoms with E-state index in [1.54, 1.807) is 12.1 Å². The van der Waals surface area contributed by atoms with Gasteiger partial charge in [-0.25, -0.2) is 9.37 Å². The number of hydrogen-bond donors (Lipinski definition) is 1. The number of aromatic nitrogens is 3. The zero-order valence-electron chi connectivity index (χ0n) is 14.5. The molecule has 6 nitrogen and oxygen atoms in total. The van der Waals surface area contributed by atoms with Crippen molar-refractivity contribution in [2.45, 2.75) is 6.54 Å². The van der Waals surface area contributed by atoms with Crippen LogP contribution >= 0.6 is 0 Å². The maximum absolute atomic E-state index is 13.3. The number of fused-ring (bicyclic) bond motifs is 3. The van der Waals surface area contributed by atoms with Gasteiger partial charge in [0.25, 0.3) is 11.8 Å². The second kappa shape index (κ2) is 6.09. The van der Waals surface area contributed by atoms with Crippen LogP contribution in [0.25, 0.3) is 22.3 Å². The summed E-state index contributed by atoms with van der Waals surface area (Å²) in [6.45, 7) is 0.179. The minimum atomic E-state index is -0.388. The normalized spacial score (nSPS) is 13.4. The number of rotatable bonds is 3. The highest BCUT2D eigenvalue weighted by Crippen LogP contribution is 2.35. The Morgan fingerprint density at radius 3 is 2.46 bits per heavy atom. The number of aromatic amines is 1. The van der Waals surface area contributed by atoms with Gasteiger partial charge >= 0.3 is 0 Å². The first kappa shape index (κ1) is 16.3. The van der Waals surface area contributed by atoms with Crippen LogP contribution in [0.3, 0.4) is 0 Å². The average Bonchev–Trinajstić information content (AvgIpc) is 3.24. The Bertz CT molecular complexity index is 1230. The Hall–Kier alpha value is -3.87. The van der Waals surface area contributed by atoms with Gasteiger partial charge in [-0.15, -0.1) is 0 Å². The Kier molecular flexibility index (Phi) is 3.55. The standard InChI is InChI=1S/C21H13FN4O2/c22-14-8-6-13(7-9-14)18-17-16-15(10-23-19(17)25-24-18)20(27)26(21(16)28)11-12-4-2-1-3-5-12/h1-10H,11H2,(H,23,24,25). The highest BCUT2D eigenvalue weighted by molar-refractivity contribution is 6.27. The lowest BCUT2D eigenvalue weighted by Crippen LogP contribution is -2.29. The fourth-order valence-electron chi connectivity index (χ4n) is 3.48. The summed E-state index contributed by atoms with van der Waals surface area (Å²) in [5.41, 5.74) is 2.90. The Balaban J connectivity index is 1.65. The molecule has 1 aliphatic rings. The summed E-state index contributed by atoms with van der Waals surface area (Å²) < 4.78 is 13.3. The van der Waals surface area contributed by atoms with Gasteiger partial charge < -0.3 is 0 Å². The Morgan fingerprint density at radius 2 is 1.71 bits per heavy atom. The molecule has 2 aromatic carbocycles. The second-order valence-electron chi connectivity index (χ2n) is 6.53. The number of carbonyl (C=O) groups is 2. The van der Waals surface area contributed by atoms with E-state index in [9.17, 15) is 14.0 Å². The predicted molar refractivity (Wildman–Crippen MR) is 99.9 cm³/mol. The molecule has 5 rings (SSSR count). The van der Waals surface area contributed by atoms with Crippen molar-refractivity contribution in [1.29, 1.82) is 0 Å². The zero-order chi connectivity index (χ0) is 19.3. The van der Waals surface area contributed by atoms with Crippen molar-refractivity contribution < 1.29 is 14.0 Å². The quantitative estimate of drug-likeness (QED) is 0.558. The summed E-state index contributed by atoms with van der Waals surface area (Å²) in [7, 11) is 0. The molecule has 2 aromatic heterocycles. The molecule has 0 spiro atoms. The fourth-order valence-corrected chi connectivity index (χ4v) is 3.48. The summed E-state index contributed by atoms with van der Waals surface area (Å²) in [6, 6.07) is 15.1. The van der Waals surface area contributed by atoms with Crippen molar-refractivity contribution in [2.24, 2.45) is 0 Å². The van der Waals surface area contributed by atoms with Gasteiger partial charge in [0, 0.05) is 11.8 Å². The first-order valence-electron chi connectivity index (χ1n) is 8.66. The van der Waals surface area contributed by atoms with Gasteiger partial charge in [0.1, 0.15) is 5.82 Å². The molecule has 28 heavy (non-hydrogen) atoms. The lowest BCUT2D eigenvalue weighted by molar-refractivity contribution is 0.0643. The summed E-state index contributed by atoms with van der Waals surface area (Å²) in [4.78, 5) is 31.4. The molecular formula is C21H13FN4O2. The molecule has 4 aromatic rings. The van der Waals surface area contributed by atoms with Gasteiger partial charge in [0.05, 0.1) is 28.8 Å². The van der Waals surface area contributed by atoms with Crippen LogP contribution in [0, 0.1) is 5.82 Å². The van der Waals surface area contributed by atoms with Gasteiger partial charge in [-0.1, -0.05) is 30.3 Å². The molecule has 2 amide bonds. The third kappa shape index (κ3) is 2.40. The van der Waals surface area contributed by atoms with Crippen molar-refractivity contribution in [2.75, 3.05) is 0 Å². The molecule has 136 valence electrons. The number of hydrogen-bond acceptors (Lipinski definition) is 4. The largest absolute Gasteiger partial charge is 0.275 e. The van der Waals surface area contributed by atoms with Crippen LogP contribution in [0.2, 0.25) is 0 Å². The van der Waals surface area contributed by atoms with Crippen molar-refractivity contribution in [1.82, 2.24) is 20.1 Å². The summed E-state index contributed by atoms with van der Waals surface area (Å²) in [5, 5.41) is 7.48. The number of nitrogens with zero attached hydrogens (tertiary/aromatic N) is 3. The van der Waals surface area contributed by atoms with Crippen LogP contribution < -0.4 is 0 Å². The van der Waals surface area contributed by atoms with Crippen molar-refractivity contribution in [3.63, 3.8) is 0 Å². The van der Waals surface area contributed by atoms with Crippen molar-refractivity contribution in [3.05, 3.63) is 83.3 Å². The smallest absolute Gasteiger partial charge is 0.263 e. The van der Waals surface area contributed by atoms with Gasteiger partial charge in [-0.05, 0) is 29.8 Å². The third-order valence-corrected chi connectivity index (χ3v) is 4.83. The minimum absolute atomic E-state index is 0.179. The second-order valence-corrected chi connectivity index (χ2v) is 6.53. The SMILES string of the molecule is O=C1c2cnc3n[nH]c(-c4ccc(F)cc4)c3c2C(=O)N1Cc1ccccc1. The molecular weight excluding hydrogens is 359 g/mol. The van der Waals surface area contributed by atoms with Crippen LogP contribution in [-0.2, 0) is 6.54 Å². The number of halogens is 1. The van der Waals surface area contributed by atoms with Gasteiger partial charge in [-0.2, -0.15) is 5.10 Å². The first-order chi connectivity index (χ1) is 13.6. The van der Waals surface area contributed by atoms with E-state index in [4.69, 9.17) is 0 Å². The zero-order valence-corrected chi connectivity index (χ0v) is 14.5. The number of benzene rings is 2. The van der Waals surface area contributed by atoms with Gasteiger partial charge in [-0.3, -0.25) is 19.6 Å². The molecule has 3 heterocycles. The summed E-state index contributed by atoms with van der Waals surface area (Å²) in [5.74, 6) is -1.14. The van der Waals surface area contributed by atoms with E-state index in [2.05, 4.69) is 15.2 Å². The topological polar surface area (TPSA) is 79.0 Å².